The van der Waals surface area contributed by atoms with Gasteiger partial charge in [-0.05, 0) is 22.6 Å². The van der Waals surface area contributed by atoms with Gasteiger partial charge in [0, 0.05) is 0 Å². The number of thiazole rings is 1. The van der Waals surface area contributed by atoms with Gasteiger partial charge in [-0.1, -0.05) is 0 Å². The average molecular weight is 308 g/mol. The largest absolute Gasteiger partial charge is 0.370 e. The Kier molecular flexibility index (Phi) is 2.20. The lowest BCUT2D eigenvalue weighted by molar-refractivity contribution is -0.120. The first-order chi connectivity index (χ1) is 6.16. The van der Waals surface area contributed by atoms with E-state index >= 15 is 0 Å². The summed E-state index contributed by atoms with van der Waals surface area (Å²) in [6, 6.07) is -0.548. The lowest BCUT2D eigenvalue weighted by Crippen LogP contribution is -2.31. The van der Waals surface area contributed by atoms with Crippen LogP contribution in [-0.4, -0.2) is 16.9 Å². The first-order valence-corrected chi connectivity index (χ1v) is 5.31. The summed E-state index contributed by atoms with van der Waals surface area (Å²) in [6.07, 6.45) is 1.71. The molecular formula is C6H5IN4OS. The van der Waals surface area contributed by atoms with Gasteiger partial charge in [0.1, 0.15) is 5.01 Å². The van der Waals surface area contributed by atoms with Gasteiger partial charge in [0.15, 0.2) is 12.0 Å². The molecule has 7 heteroatoms. The van der Waals surface area contributed by atoms with Crippen molar-refractivity contribution >= 4 is 45.8 Å². The highest BCUT2D eigenvalue weighted by Gasteiger charge is 2.28. The van der Waals surface area contributed by atoms with E-state index in [0.717, 1.165) is 2.88 Å². The molecule has 13 heavy (non-hydrogen) atoms. The Bertz CT molecular complexity index is 388. The number of nitrogens with zero attached hydrogens (tertiary/aromatic N) is 2. The Morgan fingerprint density at radius 1 is 1.69 bits per heavy atom. The molecule has 1 aromatic heterocycles. The summed E-state index contributed by atoms with van der Waals surface area (Å²) >= 11 is 3.59. The van der Waals surface area contributed by atoms with Crippen molar-refractivity contribution in [1.82, 2.24) is 10.3 Å². The number of amides is 1. The van der Waals surface area contributed by atoms with Crippen LogP contribution in [0.5, 0.6) is 0 Å². The highest BCUT2D eigenvalue weighted by atomic mass is 127. The number of nitrogens with one attached hydrogen (secondary N) is 1. The number of hydrogen-bond donors (Lipinski definition) is 2. The van der Waals surface area contributed by atoms with Gasteiger partial charge in [-0.15, -0.1) is 11.3 Å². The number of guanidine groups is 1. The fourth-order valence-corrected chi connectivity index (χ4v) is 2.48. The predicted molar refractivity (Wildman–Crippen MR) is 57.3 cm³/mol. The zero-order valence-electron chi connectivity index (χ0n) is 6.32. The maximum atomic E-state index is 11.3. The second-order valence-electron chi connectivity index (χ2n) is 2.41. The molecule has 0 saturated carbocycles. The molecule has 2 heterocycles. The minimum Gasteiger partial charge on any atom is -0.370 e. The van der Waals surface area contributed by atoms with Crippen molar-refractivity contribution < 1.29 is 4.79 Å². The van der Waals surface area contributed by atoms with E-state index in [1.807, 2.05) is 0 Å². The summed E-state index contributed by atoms with van der Waals surface area (Å²) in [5.41, 5.74) is 5.35. The molecule has 2 rings (SSSR count). The molecule has 1 aromatic rings. The van der Waals surface area contributed by atoms with Gasteiger partial charge in [0.05, 0.1) is 9.08 Å². The second kappa shape index (κ2) is 3.22. The van der Waals surface area contributed by atoms with Crippen molar-refractivity contribution in [3.05, 3.63) is 14.1 Å². The van der Waals surface area contributed by atoms with E-state index in [0.29, 0.717) is 5.01 Å². The van der Waals surface area contributed by atoms with Gasteiger partial charge >= 0.3 is 0 Å². The molecule has 0 spiro atoms. The van der Waals surface area contributed by atoms with Crippen LogP contribution in [0.1, 0.15) is 11.0 Å². The van der Waals surface area contributed by atoms with Crippen LogP contribution in [0, 0.1) is 2.88 Å². The molecule has 1 aliphatic rings. The minimum absolute atomic E-state index is 0.167. The molecule has 1 amide bonds. The number of rotatable bonds is 1. The van der Waals surface area contributed by atoms with Crippen molar-refractivity contribution in [2.45, 2.75) is 6.04 Å². The predicted octanol–water partition coefficient (Wildman–Crippen LogP) is 0.233. The molecule has 1 aliphatic heterocycles. The van der Waals surface area contributed by atoms with Crippen LogP contribution in [-0.2, 0) is 4.79 Å². The van der Waals surface area contributed by atoms with Crippen molar-refractivity contribution in [2.24, 2.45) is 10.7 Å². The van der Waals surface area contributed by atoms with Gasteiger partial charge in [0.25, 0.3) is 5.91 Å². The second-order valence-corrected chi connectivity index (χ2v) is 5.37. The van der Waals surface area contributed by atoms with E-state index in [4.69, 9.17) is 5.73 Å². The Labute approximate surface area is 91.6 Å². The number of aromatic nitrogens is 1. The monoisotopic (exact) mass is 308 g/mol. The van der Waals surface area contributed by atoms with Crippen LogP contribution in [0.15, 0.2) is 11.2 Å². The number of nitrogens with two attached hydrogens (primary N) is 1. The molecule has 0 fully saturated rings. The smallest absolute Gasteiger partial charge is 0.258 e. The van der Waals surface area contributed by atoms with Gasteiger partial charge in [-0.25, -0.2) is 9.98 Å². The van der Waals surface area contributed by atoms with Crippen LogP contribution in [0.2, 0.25) is 0 Å². The van der Waals surface area contributed by atoms with Crippen LogP contribution in [0.25, 0.3) is 0 Å². The number of hydrogen-bond acceptors (Lipinski definition) is 5. The molecule has 1 atom stereocenters. The summed E-state index contributed by atoms with van der Waals surface area (Å²) < 4.78 is 1.03. The lowest BCUT2D eigenvalue weighted by Gasteiger charge is -1.97. The van der Waals surface area contributed by atoms with Crippen molar-refractivity contribution in [3.8, 4) is 0 Å². The third-order valence-corrected chi connectivity index (χ3v) is 3.27. The first kappa shape index (κ1) is 8.88. The Balaban J connectivity index is 2.32. The molecule has 0 bridgehead atoms. The fourth-order valence-electron chi connectivity index (χ4n) is 0.985. The lowest BCUT2D eigenvalue weighted by atomic mass is 10.3. The summed E-state index contributed by atoms with van der Waals surface area (Å²) in [6.45, 7) is 0. The number of aliphatic imine (C=N–C) groups is 1. The number of carbonyl (C=O) groups excluding carboxylic acids is 1. The molecule has 0 aromatic carbocycles. The third-order valence-electron chi connectivity index (χ3n) is 1.50. The first-order valence-electron chi connectivity index (χ1n) is 3.42. The number of halogens is 1. The van der Waals surface area contributed by atoms with E-state index in [1.54, 1.807) is 6.20 Å². The maximum absolute atomic E-state index is 11.3. The van der Waals surface area contributed by atoms with Crippen molar-refractivity contribution in [1.29, 1.82) is 0 Å². The Morgan fingerprint density at radius 3 is 2.92 bits per heavy atom. The van der Waals surface area contributed by atoms with E-state index < -0.39 is 6.04 Å². The highest BCUT2D eigenvalue weighted by molar-refractivity contribution is 14.1. The van der Waals surface area contributed by atoms with Crippen molar-refractivity contribution in [3.63, 3.8) is 0 Å². The average Bonchev–Trinajstić information content (AvgIpc) is 2.58. The standard InChI is InChI=1S/C6H5IN4OS/c7-2-1-9-5(13-2)3-4(12)11-6(8)10-3/h1,3H,(H3,8,10,11,12). The van der Waals surface area contributed by atoms with E-state index in [-0.39, 0.29) is 11.9 Å². The SMILES string of the molecule is NC1=NC(c2ncc(I)s2)C(=O)N1. The molecule has 3 N–H and O–H groups in total. The normalized spacial score (nSPS) is 21.5. The summed E-state index contributed by atoms with van der Waals surface area (Å²) in [7, 11) is 0. The molecule has 5 nitrogen and oxygen atoms in total. The van der Waals surface area contributed by atoms with E-state index in [1.165, 1.54) is 11.3 Å². The minimum atomic E-state index is -0.548. The molecule has 68 valence electrons. The van der Waals surface area contributed by atoms with Crippen molar-refractivity contribution in [2.75, 3.05) is 0 Å². The Morgan fingerprint density at radius 2 is 2.46 bits per heavy atom. The summed E-state index contributed by atoms with van der Waals surface area (Å²) in [5.74, 6) is -0.0385. The van der Waals surface area contributed by atoms with Gasteiger partial charge < -0.3 is 5.73 Å². The van der Waals surface area contributed by atoms with Crippen LogP contribution in [0.4, 0.5) is 0 Å². The third kappa shape index (κ3) is 1.66. The summed E-state index contributed by atoms with van der Waals surface area (Å²) in [5, 5.41) is 3.11. The number of carbonyl (C=O) groups is 1. The topological polar surface area (TPSA) is 80.4 Å². The van der Waals surface area contributed by atoms with Crippen LogP contribution < -0.4 is 11.1 Å². The van der Waals surface area contributed by atoms with E-state index in [2.05, 4.69) is 37.9 Å². The molecular weight excluding hydrogens is 303 g/mol. The zero-order valence-corrected chi connectivity index (χ0v) is 9.29. The van der Waals surface area contributed by atoms with Crippen LogP contribution in [0.3, 0.4) is 0 Å². The quantitative estimate of drug-likeness (QED) is 0.729. The molecule has 0 aliphatic carbocycles. The van der Waals surface area contributed by atoms with Gasteiger partial charge in [-0.2, -0.15) is 0 Å². The molecule has 0 saturated heterocycles. The molecule has 0 radical (unpaired) electrons. The zero-order chi connectivity index (χ0) is 9.42. The summed E-state index contributed by atoms with van der Waals surface area (Å²) in [4.78, 5) is 19.3. The van der Waals surface area contributed by atoms with Gasteiger partial charge in [-0.3, -0.25) is 10.1 Å². The highest BCUT2D eigenvalue weighted by Crippen LogP contribution is 2.25. The van der Waals surface area contributed by atoms with E-state index in [9.17, 15) is 4.79 Å². The Hall–Kier alpha value is -0.700. The van der Waals surface area contributed by atoms with Gasteiger partial charge in [0.2, 0.25) is 0 Å². The molecule has 1 unspecified atom stereocenters. The van der Waals surface area contributed by atoms with Crippen LogP contribution >= 0.6 is 33.9 Å². The maximum Gasteiger partial charge on any atom is 0.258 e. The fraction of sp³-hybridized carbons (Fsp3) is 0.167.